The summed E-state index contributed by atoms with van der Waals surface area (Å²) < 4.78 is 0. The Hall–Kier alpha value is -1.26. The normalized spacial score (nSPS) is 18.3. The molecule has 0 radical (unpaired) electrons. The van der Waals surface area contributed by atoms with Crippen LogP contribution in [0.1, 0.15) is 32.6 Å². The predicted octanol–water partition coefficient (Wildman–Crippen LogP) is 3.13. The van der Waals surface area contributed by atoms with Gasteiger partial charge < -0.3 is 11.1 Å². The van der Waals surface area contributed by atoms with E-state index in [-0.39, 0.29) is 11.9 Å². The average molecular weight is 296 g/mol. The predicted molar refractivity (Wildman–Crippen MR) is 84.0 cm³/mol. The Morgan fingerprint density at radius 1 is 1.30 bits per heavy atom. The minimum absolute atomic E-state index is 0.0152. The van der Waals surface area contributed by atoms with Gasteiger partial charge in [-0.05, 0) is 51.1 Å². The van der Waals surface area contributed by atoms with E-state index in [4.69, 9.17) is 17.3 Å². The number of nitrogens with one attached hydrogen (secondary N) is 1. The molecule has 1 amide bonds. The highest BCUT2D eigenvalue weighted by Gasteiger charge is 2.22. The molecule has 1 saturated heterocycles. The zero-order valence-corrected chi connectivity index (χ0v) is 12.6. The Kier molecular flexibility index (Phi) is 5.26. The number of hydrogen-bond acceptors (Lipinski definition) is 3. The van der Waals surface area contributed by atoms with Crippen molar-refractivity contribution in [2.45, 2.75) is 38.6 Å². The van der Waals surface area contributed by atoms with Crippen LogP contribution in [0.4, 0.5) is 11.4 Å². The molecule has 1 aliphatic rings. The number of amides is 1. The molecule has 0 bridgehead atoms. The van der Waals surface area contributed by atoms with Crippen LogP contribution in [-0.4, -0.2) is 29.9 Å². The SMILES string of the molecule is CC(C(=O)Nc1ccc(N)cc1Cl)N1CCCCCC1. The molecule has 0 spiro atoms. The summed E-state index contributed by atoms with van der Waals surface area (Å²) >= 11 is 6.08. The van der Waals surface area contributed by atoms with Crippen molar-refractivity contribution in [2.24, 2.45) is 0 Å². The quantitative estimate of drug-likeness (QED) is 0.842. The van der Waals surface area contributed by atoms with Gasteiger partial charge in [-0.25, -0.2) is 0 Å². The Balaban J connectivity index is 1.99. The van der Waals surface area contributed by atoms with Gasteiger partial charge in [-0.2, -0.15) is 0 Å². The van der Waals surface area contributed by atoms with Crippen molar-refractivity contribution in [2.75, 3.05) is 24.1 Å². The number of likely N-dealkylation sites (tertiary alicyclic amines) is 1. The number of benzene rings is 1. The van der Waals surface area contributed by atoms with Gasteiger partial charge >= 0.3 is 0 Å². The van der Waals surface area contributed by atoms with Crippen molar-refractivity contribution in [1.82, 2.24) is 4.90 Å². The van der Waals surface area contributed by atoms with Crippen LogP contribution in [0.3, 0.4) is 0 Å². The third-order valence-corrected chi connectivity index (χ3v) is 4.13. The molecule has 0 saturated carbocycles. The second kappa shape index (κ2) is 6.95. The van der Waals surface area contributed by atoms with Crippen LogP contribution >= 0.6 is 11.6 Å². The van der Waals surface area contributed by atoms with E-state index in [1.54, 1.807) is 18.2 Å². The third-order valence-electron chi connectivity index (χ3n) is 3.82. The molecule has 110 valence electrons. The van der Waals surface area contributed by atoms with Crippen LogP contribution < -0.4 is 11.1 Å². The standard InChI is InChI=1S/C15H22ClN3O/c1-11(19-8-4-2-3-5-9-19)15(20)18-14-7-6-12(17)10-13(14)16/h6-7,10-11H,2-5,8-9,17H2,1H3,(H,18,20). The first-order valence-electron chi connectivity index (χ1n) is 7.18. The summed E-state index contributed by atoms with van der Waals surface area (Å²) in [5, 5.41) is 3.36. The number of carbonyl (C=O) groups excluding carboxylic acids is 1. The van der Waals surface area contributed by atoms with Crippen LogP contribution in [0, 0.1) is 0 Å². The molecule has 1 aromatic rings. The number of nitrogens with zero attached hydrogens (tertiary/aromatic N) is 1. The van der Waals surface area contributed by atoms with Crippen molar-refractivity contribution in [1.29, 1.82) is 0 Å². The fourth-order valence-corrected chi connectivity index (χ4v) is 2.75. The summed E-state index contributed by atoms with van der Waals surface area (Å²) in [6, 6.07) is 4.98. The van der Waals surface area contributed by atoms with Gasteiger partial charge in [0.25, 0.3) is 0 Å². The summed E-state index contributed by atoms with van der Waals surface area (Å²) in [7, 11) is 0. The van der Waals surface area contributed by atoms with E-state index in [0.29, 0.717) is 16.4 Å². The molecule has 20 heavy (non-hydrogen) atoms. The summed E-state index contributed by atoms with van der Waals surface area (Å²) in [5.41, 5.74) is 6.86. The van der Waals surface area contributed by atoms with Gasteiger partial charge in [0.2, 0.25) is 5.91 Å². The van der Waals surface area contributed by atoms with Crippen LogP contribution in [0.5, 0.6) is 0 Å². The van der Waals surface area contributed by atoms with Crippen LogP contribution in [0.15, 0.2) is 18.2 Å². The maximum absolute atomic E-state index is 12.3. The summed E-state index contributed by atoms with van der Waals surface area (Å²) in [4.78, 5) is 14.6. The van der Waals surface area contributed by atoms with Gasteiger partial charge in [0.1, 0.15) is 0 Å². The van der Waals surface area contributed by atoms with Crippen molar-refractivity contribution >= 4 is 28.9 Å². The van der Waals surface area contributed by atoms with E-state index >= 15 is 0 Å². The number of hydrogen-bond donors (Lipinski definition) is 2. The second-order valence-corrected chi connectivity index (χ2v) is 5.76. The zero-order chi connectivity index (χ0) is 14.5. The van der Waals surface area contributed by atoms with E-state index in [0.717, 1.165) is 13.1 Å². The topological polar surface area (TPSA) is 58.4 Å². The molecule has 4 nitrogen and oxygen atoms in total. The smallest absolute Gasteiger partial charge is 0.241 e. The van der Waals surface area contributed by atoms with Gasteiger partial charge in [-0.15, -0.1) is 0 Å². The fraction of sp³-hybridized carbons (Fsp3) is 0.533. The molecule has 1 heterocycles. The highest BCUT2D eigenvalue weighted by atomic mass is 35.5. The first-order chi connectivity index (χ1) is 9.58. The molecular formula is C15H22ClN3O. The average Bonchev–Trinajstić information content (AvgIpc) is 2.70. The Labute approximate surface area is 125 Å². The maximum Gasteiger partial charge on any atom is 0.241 e. The Bertz CT molecular complexity index is 470. The Morgan fingerprint density at radius 2 is 1.95 bits per heavy atom. The monoisotopic (exact) mass is 295 g/mol. The van der Waals surface area contributed by atoms with E-state index < -0.39 is 0 Å². The number of carbonyl (C=O) groups is 1. The maximum atomic E-state index is 12.3. The van der Waals surface area contributed by atoms with Gasteiger partial charge in [-0.3, -0.25) is 9.69 Å². The summed E-state index contributed by atoms with van der Waals surface area (Å²) in [6.45, 7) is 3.93. The third kappa shape index (κ3) is 3.87. The van der Waals surface area contributed by atoms with Crippen molar-refractivity contribution in [3.05, 3.63) is 23.2 Å². The van der Waals surface area contributed by atoms with Gasteiger partial charge in [0, 0.05) is 5.69 Å². The lowest BCUT2D eigenvalue weighted by Crippen LogP contribution is -2.42. The highest BCUT2D eigenvalue weighted by molar-refractivity contribution is 6.34. The lowest BCUT2D eigenvalue weighted by Gasteiger charge is -2.26. The molecule has 2 rings (SSSR count). The van der Waals surface area contributed by atoms with Crippen molar-refractivity contribution in [3.8, 4) is 0 Å². The first kappa shape index (κ1) is 15.1. The first-order valence-corrected chi connectivity index (χ1v) is 7.55. The number of nitrogen functional groups attached to an aromatic ring is 1. The molecule has 0 aromatic heterocycles. The number of rotatable bonds is 3. The molecular weight excluding hydrogens is 274 g/mol. The summed E-state index contributed by atoms with van der Waals surface area (Å²) in [5.74, 6) is -0.0152. The molecule has 3 N–H and O–H groups in total. The van der Waals surface area contributed by atoms with E-state index in [2.05, 4.69) is 10.2 Å². The molecule has 0 aliphatic carbocycles. The van der Waals surface area contributed by atoms with Gasteiger partial charge in [0.15, 0.2) is 0 Å². The lowest BCUT2D eigenvalue weighted by atomic mass is 10.2. The number of nitrogens with two attached hydrogens (primary N) is 1. The Morgan fingerprint density at radius 3 is 2.55 bits per heavy atom. The zero-order valence-electron chi connectivity index (χ0n) is 11.9. The molecule has 1 atom stereocenters. The number of anilines is 2. The van der Waals surface area contributed by atoms with Crippen molar-refractivity contribution < 1.29 is 4.79 Å². The van der Waals surface area contributed by atoms with Gasteiger partial charge in [-0.1, -0.05) is 24.4 Å². The fourth-order valence-electron chi connectivity index (χ4n) is 2.52. The van der Waals surface area contributed by atoms with E-state index in [9.17, 15) is 4.79 Å². The van der Waals surface area contributed by atoms with E-state index in [1.165, 1.54) is 25.7 Å². The number of halogens is 1. The van der Waals surface area contributed by atoms with Gasteiger partial charge in [0.05, 0.1) is 16.8 Å². The van der Waals surface area contributed by atoms with E-state index in [1.807, 2.05) is 6.92 Å². The second-order valence-electron chi connectivity index (χ2n) is 5.35. The lowest BCUT2D eigenvalue weighted by molar-refractivity contribution is -0.120. The summed E-state index contributed by atoms with van der Waals surface area (Å²) in [6.07, 6.45) is 4.85. The molecule has 1 aromatic carbocycles. The molecule has 1 fully saturated rings. The van der Waals surface area contributed by atoms with Crippen LogP contribution in [0.2, 0.25) is 5.02 Å². The largest absolute Gasteiger partial charge is 0.399 e. The van der Waals surface area contributed by atoms with Crippen LogP contribution in [0.25, 0.3) is 0 Å². The van der Waals surface area contributed by atoms with Crippen LogP contribution in [-0.2, 0) is 4.79 Å². The minimum atomic E-state index is -0.137. The molecule has 5 heteroatoms. The molecule has 1 unspecified atom stereocenters. The minimum Gasteiger partial charge on any atom is -0.399 e. The van der Waals surface area contributed by atoms with Crippen molar-refractivity contribution in [3.63, 3.8) is 0 Å². The highest BCUT2D eigenvalue weighted by Crippen LogP contribution is 2.24. The molecule has 1 aliphatic heterocycles.